The number of aromatic nitrogens is 1. The van der Waals surface area contributed by atoms with E-state index in [1.54, 1.807) is 0 Å². The second-order valence-corrected chi connectivity index (χ2v) is 19.8. The zero-order chi connectivity index (χ0) is 50.1. The summed E-state index contributed by atoms with van der Waals surface area (Å²) in [5, 5.41) is 2.40. The number of benzene rings is 10. The van der Waals surface area contributed by atoms with Crippen LogP contribution in [-0.2, 0) is 0 Å². The van der Waals surface area contributed by atoms with E-state index in [9.17, 15) is 0 Å². The number of para-hydroxylation sites is 1. The molecule has 1 heterocycles. The average molecular weight is 955 g/mol. The molecule has 0 saturated heterocycles. The molecule has 1 atom stereocenters. The molecule has 74 heavy (non-hydrogen) atoms. The van der Waals surface area contributed by atoms with Crippen LogP contribution in [0.2, 0.25) is 0 Å². The van der Waals surface area contributed by atoms with Crippen LogP contribution in [0, 0.1) is 27.7 Å². The van der Waals surface area contributed by atoms with Gasteiger partial charge in [-0.2, -0.15) is 0 Å². The van der Waals surface area contributed by atoms with Crippen molar-refractivity contribution >= 4 is 67.3 Å². The summed E-state index contributed by atoms with van der Waals surface area (Å²) in [5.41, 5.74) is 22.0. The van der Waals surface area contributed by atoms with Gasteiger partial charge in [0.2, 0.25) is 0 Å². The van der Waals surface area contributed by atoms with E-state index in [0.29, 0.717) is 0 Å². The summed E-state index contributed by atoms with van der Waals surface area (Å²) in [6.45, 7) is 8.57. The lowest BCUT2D eigenvalue weighted by Gasteiger charge is -2.32. The molecule has 1 aliphatic rings. The summed E-state index contributed by atoms with van der Waals surface area (Å²) >= 11 is 0. The first-order valence-electron chi connectivity index (χ1n) is 25.8. The minimum Gasteiger partial charge on any atom is -0.334 e. The van der Waals surface area contributed by atoms with Crippen LogP contribution in [0.15, 0.2) is 261 Å². The molecular weight excluding hydrogens is 897 g/mol. The third kappa shape index (κ3) is 9.08. The fourth-order valence-corrected chi connectivity index (χ4v) is 10.6. The molecule has 4 heteroatoms. The highest BCUT2D eigenvalue weighted by atomic mass is 15.2. The molecule has 1 unspecified atom stereocenters. The fourth-order valence-electron chi connectivity index (χ4n) is 10.6. The number of allylic oxidation sites excluding steroid dienone is 2. The molecule has 12 rings (SSSR count). The Hall–Kier alpha value is -9.12. The molecule has 0 fully saturated rings. The van der Waals surface area contributed by atoms with Gasteiger partial charge in [0, 0.05) is 62.0 Å². The van der Waals surface area contributed by atoms with E-state index in [1.165, 1.54) is 38.7 Å². The SMILES string of the molecule is Cc1ccc(N(c2ccc(C)cc2)c2cccc(-c3ccc4c(c3)c3cc(-c5cccc(N(c6ccc(C)cc6)c6ccc(C)cc6)c5)ccc3n4-c3ccc(N(c4ccccc4)C4C=CC=CC4)cc3)c2)cc1. The number of nitrogens with zero attached hydrogens (tertiary/aromatic N) is 4. The average Bonchev–Trinajstić information content (AvgIpc) is 3.78. The third-order valence-corrected chi connectivity index (χ3v) is 14.5. The highest BCUT2D eigenvalue weighted by Gasteiger charge is 2.22. The van der Waals surface area contributed by atoms with Crippen molar-refractivity contribution in [1.29, 1.82) is 0 Å². The van der Waals surface area contributed by atoms with Crippen LogP contribution in [0.25, 0.3) is 49.7 Å². The summed E-state index contributed by atoms with van der Waals surface area (Å²) in [4.78, 5) is 7.17. The van der Waals surface area contributed by atoms with Crippen LogP contribution in [-0.4, -0.2) is 10.6 Å². The van der Waals surface area contributed by atoms with Crippen LogP contribution < -0.4 is 14.7 Å². The van der Waals surface area contributed by atoms with Crippen LogP contribution in [0.5, 0.6) is 0 Å². The summed E-state index contributed by atoms with van der Waals surface area (Å²) < 4.78 is 2.44. The van der Waals surface area contributed by atoms with Gasteiger partial charge in [-0.15, -0.1) is 0 Å². The molecule has 0 amide bonds. The van der Waals surface area contributed by atoms with Gasteiger partial charge >= 0.3 is 0 Å². The predicted octanol–water partition coefficient (Wildman–Crippen LogP) is 19.3. The van der Waals surface area contributed by atoms with Crippen molar-refractivity contribution < 1.29 is 0 Å². The largest absolute Gasteiger partial charge is 0.334 e. The van der Waals surface area contributed by atoms with E-state index >= 15 is 0 Å². The van der Waals surface area contributed by atoms with Gasteiger partial charge in [0.25, 0.3) is 0 Å². The quantitative estimate of drug-likeness (QED) is 0.121. The zero-order valence-corrected chi connectivity index (χ0v) is 42.4. The standard InChI is InChI=1S/C70H58N4/c1-49-21-31-59(32-22-49)72(60-33-23-50(2)24-34-60)65-19-11-13-53(45-65)55-29-43-69-67(47-55)68-48-56(54-14-12-20-66(46-54)73(61-35-25-51(3)26-36-61)62-37-27-52(4)28-38-62)30-44-70(68)74(69)64-41-39-63(40-42-64)71(57-15-7-5-8-16-57)58-17-9-6-10-18-58/h5-17,19-48,58H,18H2,1-4H3. The van der Waals surface area contributed by atoms with E-state index in [1.807, 2.05) is 0 Å². The van der Waals surface area contributed by atoms with E-state index in [-0.39, 0.29) is 6.04 Å². The van der Waals surface area contributed by atoms with Crippen molar-refractivity contribution in [2.45, 2.75) is 40.2 Å². The van der Waals surface area contributed by atoms with Crippen molar-refractivity contribution in [1.82, 2.24) is 4.57 Å². The maximum atomic E-state index is 2.45. The molecule has 1 aromatic heterocycles. The second kappa shape index (κ2) is 19.8. The van der Waals surface area contributed by atoms with Crippen molar-refractivity contribution in [3.8, 4) is 27.9 Å². The number of hydrogen-bond acceptors (Lipinski definition) is 3. The number of aryl methyl sites for hydroxylation is 4. The topological polar surface area (TPSA) is 14.7 Å². The zero-order valence-electron chi connectivity index (χ0n) is 42.4. The fraction of sp³-hybridized carbons (Fsp3) is 0.0857. The van der Waals surface area contributed by atoms with E-state index in [4.69, 9.17) is 0 Å². The van der Waals surface area contributed by atoms with Gasteiger partial charge in [0.15, 0.2) is 0 Å². The molecule has 4 nitrogen and oxygen atoms in total. The Kier molecular flexibility index (Phi) is 12.3. The molecule has 10 aromatic carbocycles. The highest BCUT2D eigenvalue weighted by molar-refractivity contribution is 6.12. The van der Waals surface area contributed by atoms with E-state index < -0.39 is 0 Å². The molecule has 0 radical (unpaired) electrons. The molecule has 0 saturated carbocycles. The Morgan fingerprint density at radius 1 is 0.338 bits per heavy atom. The van der Waals surface area contributed by atoms with Gasteiger partial charge in [0.1, 0.15) is 0 Å². The van der Waals surface area contributed by atoms with Crippen molar-refractivity contribution in [2.75, 3.05) is 14.7 Å². The third-order valence-electron chi connectivity index (χ3n) is 14.5. The van der Waals surface area contributed by atoms with Gasteiger partial charge in [0.05, 0.1) is 17.1 Å². The van der Waals surface area contributed by atoms with E-state index in [0.717, 1.165) is 85.2 Å². The maximum Gasteiger partial charge on any atom is 0.0559 e. The lowest BCUT2D eigenvalue weighted by atomic mass is 9.99. The predicted molar refractivity (Wildman–Crippen MR) is 315 cm³/mol. The molecule has 358 valence electrons. The maximum absolute atomic E-state index is 2.45. The van der Waals surface area contributed by atoms with Crippen LogP contribution in [0.4, 0.5) is 45.5 Å². The Balaban J connectivity index is 0.997. The van der Waals surface area contributed by atoms with Crippen LogP contribution in [0.1, 0.15) is 28.7 Å². The van der Waals surface area contributed by atoms with Gasteiger partial charge < -0.3 is 19.3 Å². The van der Waals surface area contributed by atoms with Crippen molar-refractivity contribution in [3.05, 3.63) is 283 Å². The minimum atomic E-state index is 0.219. The molecule has 1 aliphatic carbocycles. The Bertz CT molecular complexity index is 3540. The van der Waals surface area contributed by atoms with Crippen LogP contribution >= 0.6 is 0 Å². The second-order valence-electron chi connectivity index (χ2n) is 19.8. The molecule has 0 aliphatic heterocycles. The molecule has 0 spiro atoms. The number of anilines is 8. The Morgan fingerprint density at radius 2 is 0.730 bits per heavy atom. The lowest BCUT2D eigenvalue weighted by molar-refractivity contribution is 0.785. The first-order valence-corrected chi connectivity index (χ1v) is 25.8. The minimum absolute atomic E-state index is 0.219. The Morgan fingerprint density at radius 3 is 1.15 bits per heavy atom. The van der Waals surface area contributed by atoms with Gasteiger partial charge in [-0.3, -0.25) is 0 Å². The summed E-state index contributed by atoms with van der Waals surface area (Å²) in [5.74, 6) is 0. The van der Waals surface area contributed by atoms with Crippen LogP contribution in [0.3, 0.4) is 0 Å². The normalized spacial score (nSPS) is 13.1. The van der Waals surface area contributed by atoms with Gasteiger partial charge in [-0.25, -0.2) is 0 Å². The summed E-state index contributed by atoms with van der Waals surface area (Å²) in [6.07, 6.45) is 9.82. The van der Waals surface area contributed by atoms with Gasteiger partial charge in [-0.1, -0.05) is 150 Å². The van der Waals surface area contributed by atoms with Gasteiger partial charge in [-0.05, 0) is 190 Å². The monoisotopic (exact) mass is 954 g/mol. The lowest BCUT2D eigenvalue weighted by Crippen LogP contribution is -2.29. The molecule has 11 aromatic rings. The molecule has 0 bridgehead atoms. The summed E-state index contributed by atoms with van der Waals surface area (Å²) in [7, 11) is 0. The number of hydrogen-bond donors (Lipinski definition) is 0. The van der Waals surface area contributed by atoms with E-state index in [2.05, 4.69) is 308 Å². The molecule has 0 N–H and O–H groups in total. The molecular formula is C70H58N4. The van der Waals surface area contributed by atoms with Crippen molar-refractivity contribution in [3.63, 3.8) is 0 Å². The summed E-state index contributed by atoms with van der Waals surface area (Å²) in [6, 6.07) is 87.4. The smallest absolute Gasteiger partial charge is 0.0559 e. The first-order chi connectivity index (χ1) is 36.3. The number of fused-ring (bicyclic) bond motifs is 3. The number of rotatable bonds is 12. The Labute approximate surface area is 435 Å². The first kappa shape index (κ1) is 46.0. The highest BCUT2D eigenvalue weighted by Crippen LogP contribution is 2.42. The van der Waals surface area contributed by atoms with Crippen molar-refractivity contribution in [2.24, 2.45) is 0 Å².